The normalized spacial score (nSPS) is 26.2. The highest BCUT2D eigenvalue weighted by Crippen LogP contribution is 2.54. The maximum absolute atomic E-state index is 5.60. The molecular weight excluding hydrogens is 207 g/mol. The monoisotopic (exact) mass is 224 g/mol. The number of rotatable bonds is 2. The van der Waals surface area contributed by atoms with Crippen LogP contribution in [0.1, 0.15) is 13.8 Å². The van der Waals surface area contributed by atoms with Crippen LogP contribution in [0.5, 0.6) is 0 Å². The molecule has 0 aliphatic carbocycles. The fourth-order valence-corrected chi connectivity index (χ4v) is 3.14. The zero-order valence-corrected chi connectivity index (χ0v) is 10.2. The van der Waals surface area contributed by atoms with E-state index in [9.17, 15) is 0 Å². The minimum absolute atomic E-state index is 0.0802. The smallest absolute Gasteiger partial charge is 0.277 e. The second kappa shape index (κ2) is 3.93. The lowest BCUT2D eigenvalue weighted by Crippen LogP contribution is -2.37. The summed E-state index contributed by atoms with van der Waals surface area (Å²) in [4.78, 5) is 0. The van der Waals surface area contributed by atoms with Crippen molar-refractivity contribution in [2.24, 2.45) is 5.41 Å². The van der Waals surface area contributed by atoms with Gasteiger partial charge in [-0.05, 0) is 18.9 Å². The van der Waals surface area contributed by atoms with E-state index in [4.69, 9.17) is 20.9 Å². The molecule has 0 saturated carbocycles. The molecule has 4 nitrogen and oxygen atoms in total. The molecule has 0 atom stereocenters. The second-order valence-electron chi connectivity index (χ2n) is 3.93. The van der Waals surface area contributed by atoms with Gasteiger partial charge in [-0.1, -0.05) is 13.8 Å². The van der Waals surface area contributed by atoms with Crippen LogP contribution in [0, 0.1) is 5.41 Å². The first-order valence-corrected chi connectivity index (χ1v) is 6.79. The third-order valence-electron chi connectivity index (χ3n) is 1.93. The highest BCUT2D eigenvalue weighted by Gasteiger charge is 2.35. The standard InChI is InChI=1S/C7H17N2O2PS/c1-7(2)5-10-12(13,11-6-7)9(4)8-3/h8H,5-6H2,1-4H3. The van der Waals surface area contributed by atoms with Crippen molar-refractivity contribution in [3.63, 3.8) is 0 Å². The zero-order valence-electron chi connectivity index (χ0n) is 8.53. The minimum Gasteiger partial charge on any atom is -0.316 e. The molecule has 0 radical (unpaired) electrons. The molecule has 0 spiro atoms. The Hall–Kier alpha value is 0.490. The Morgan fingerprint density at radius 2 is 1.85 bits per heavy atom. The lowest BCUT2D eigenvalue weighted by Gasteiger charge is -2.39. The summed E-state index contributed by atoms with van der Waals surface area (Å²) >= 11 is 5.31. The van der Waals surface area contributed by atoms with Gasteiger partial charge in [0.2, 0.25) is 0 Å². The topological polar surface area (TPSA) is 33.7 Å². The van der Waals surface area contributed by atoms with Gasteiger partial charge in [0.1, 0.15) is 0 Å². The Kier molecular flexibility index (Phi) is 3.49. The van der Waals surface area contributed by atoms with Crippen LogP contribution in [-0.2, 0) is 20.9 Å². The molecule has 0 amide bonds. The maximum atomic E-state index is 5.60. The first-order valence-electron chi connectivity index (χ1n) is 4.20. The first kappa shape index (κ1) is 11.6. The summed E-state index contributed by atoms with van der Waals surface area (Å²) in [6.07, 6.45) is 0. The molecule has 6 heteroatoms. The Bertz CT molecular complexity index is 221. The van der Waals surface area contributed by atoms with Crippen LogP contribution in [0.25, 0.3) is 0 Å². The lowest BCUT2D eigenvalue weighted by molar-refractivity contribution is 0.0413. The minimum atomic E-state index is -2.23. The van der Waals surface area contributed by atoms with Gasteiger partial charge in [-0.2, -0.15) is 4.78 Å². The van der Waals surface area contributed by atoms with Crippen molar-refractivity contribution < 1.29 is 9.05 Å². The van der Waals surface area contributed by atoms with Gasteiger partial charge in [0.05, 0.1) is 13.2 Å². The predicted molar refractivity (Wildman–Crippen MR) is 56.8 cm³/mol. The van der Waals surface area contributed by atoms with Crippen molar-refractivity contribution in [3.8, 4) is 0 Å². The van der Waals surface area contributed by atoms with Crippen LogP contribution >= 0.6 is 6.64 Å². The number of nitrogens with zero attached hydrogens (tertiary/aromatic N) is 1. The van der Waals surface area contributed by atoms with Crippen LogP contribution in [0.2, 0.25) is 0 Å². The Morgan fingerprint density at radius 1 is 1.38 bits per heavy atom. The van der Waals surface area contributed by atoms with Crippen LogP contribution in [-0.4, -0.2) is 32.1 Å². The Balaban J connectivity index is 2.62. The SMILES string of the molecule is CNN(C)P1(=S)OCC(C)(C)CO1. The highest BCUT2D eigenvalue weighted by atomic mass is 32.5. The number of hydrogen-bond acceptors (Lipinski definition) is 4. The van der Waals surface area contributed by atoms with Gasteiger partial charge in [-0.3, -0.25) is 5.43 Å². The van der Waals surface area contributed by atoms with Crippen molar-refractivity contribution in [1.29, 1.82) is 0 Å². The van der Waals surface area contributed by atoms with Gasteiger partial charge < -0.3 is 9.05 Å². The van der Waals surface area contributed by atoms with E-state index >= 15 is 0 Å². The van der Waals surface area contributed by atoms with E-state index in [0.717, 1.165) is 0 Å². The molecule has 78 valence electrons. The van der Waals surface area contributed by atoms with Crippen LogP contribution < -0.4 is 5.43 Å². The van der Waals surface area contributed by atoms with Gasteiger partial charge in [-0.15, -0.1) is 0 Å². The molecule has 0 aromatic heterocycles. The fraction of sp³-hybridized carbons (Fsp3) is 1.00. The first-order chi connectivity index (χ1) is 5.90. The predicted octanol–water partition coefficient (Wildman–Crippen LogP) is 1.35. The molecule has 1 saturated heterocycles. The molecule has 1 heterocycles. The molecule has 0 bridgehead atoms. The third kappa shape index (κ3) is 2.72. The summed E-state index contributed by atoms with van der Waals surface area (Å²) < 4.78 is 12.9. The summed E-state index contributed by atoms with van der Waals surface area (Å²) in [6, 6.07) is 0. The second-order valence-corrected chi connectivity index (χ2v) is 7.36. The average Bonchev–Trinajstić information content (AvgIpc) is 2.09. The van der Waals surface area contributed by atoms with Crippen LogP contribution in [0.3, 0.4) is 0 Å². The Labute approximate surface area is 84.8 Å². The van der Waals surface area contributed by atoms with E-state index in [1.54, 1.807) is 11.8 Å². The molecule has 1 aliphatic heterocycles. The molecule has 0 unspecified atom stereocenters. The van der Waals surface area contributed by atoms with Crippen molar-refractivity contribution in [1.82, 2.24) is 10.2 Å². The van der Waals surface area contributed by atoms with Gasteiger partial charge in [0, 0.05) is 12.5 Å². The van der Waals surface area contributed by atoms with E-state index < -0.39 is 6.64 Å². The van der Waals surface area contributed by atoms with E-state index in [1.807, 2.05) is 7.05 Å². The van der Waals surface area contributed by atoms with E-state index in [-0.39, 0.29) is 5.41 Å². The largest absolute Gasteiger partial charge is 0.316 e. The third-order valence-corrected chi connectivity index (χ3v) is 5.14. The summed E-state index contributed by atoms with van der Waals surface area (Å²) in [6.45, 7) is 3.30. The van der Waals surface area contributed by atoms with Gasteiger partial charge in [0.15, 0.2) is 0 Å². The van der Waals surface area contributed by atoms with Gasteiger partial charge in [0.25, 0.3) is 6.64 Å². The molecule has 0 aromatic carbocycles. The fourth-order valence-electron chi connectivity index (χ4n) is 0.887. The summed E-state index contributed by atoms with van der Waals surface area (Å²) in [5.41, 5.74) is 3.01. The highest BCUT2D eigenvalue weighted by molar-refractivity contribution is 8.08. The van der Waals surface area contributed by atoms with Crippen molar-refractivity contribution >= 4 is 18.4 Å². The van der Waals surface area contributed by atoms with Crippen molar-refractivity contribution in [2.45, 2.75) is 13.8 Å². The zero-order chi connectivity index (χ0) is 10.1. The van der Waals surface area contributed by atoms with Crippen molar-refractivity contribution in [2.75, 3.05) is 27.3 Å². The summed E-state index contributed by atoms with van der Waals surface area (Å²) in [7, 11) is 3.65. The quantitative estimate of drug-likeness (QED) is 0.565. The molecule has 0 aromatic rings. The molecular formula is C7H17N2O2PS. The molecule has 1 aliphatic rings. The van der Waals surface area contributed by atoms with Crippen molar-refractivity contribution in [3.05, 3.63) is 0 Å². The number of hydrogen-bond donors (Lipinski definition) is 1. The van der Waals surface area contributed by atoms with E-state index in [0.29, 0.717) is 13.2 Å². The lowest BCUT2D eigenvalue weighted by atomic mass is 9.97. The summed E-state index contributed by atoms with van der Waals surface area (Å²) in [5.74, 6) is 0. The molecule has 1 fully saturated rings. The molecule has 1 N–H and O–H groups in total. The van der Waals surface area contributed by atoms with Crippen LogP contribution in [0.15, 0.2) is 0 Å². The number of hydrazine groups is 1. The summed E-state index contributed by atoms with van der Waals surface area (Å²) in [5, 5.41) is 0. The Morgan fingerprint density at radius 3 is 2.23 bits per heavy atom. The molecule has 13 heavy (non-hydrogen) atoms. The average molecular weight is 224 g/mol. The van der Waals surface area contributed by atoms with Crippen LogP contribution in [0.4, 0.5) is 0 Å². The number of nitrogens with one attached hydrogen (secondary N) is 1. The van der Waals surface area contributed by atoms with E-state index in [1.165, 1.54) is 0 Å². The van der Waals surface area contributed by atoms with E-state index in [2.05, 4.69) is 19.3 Å². The van der Waals surface area contributed by atoms with Gasteiger partial charge in [-0.25, -0.2) is 0 Å². The van der Waals surface area contributed by atoms with Gasteiger partial charge >= 0.3 is 0 Å². The molecule has 1 rings (SSSR count). The maximum Gasteiger partial charge on any atom is 0.277 e.